The maximum atomic E-state index is 11.4. The second-order valence-corrected chi connectivity index (χ2v) is 10.6. The Morgan fingerprint density at radius 2 is 0.833 bits per heavy atom. The van der Waals surface area contributed by atoms with E-state index in [4.69, 9.17) is 0 Å². The van der Waals surface area contributed by atoms with Crippen LogP contribution < -0.4 is 29.6 Å². The van der Waals surface area contributed by atoms with Gasteiger partial charge in [0.2, 0.25) is 0 Å². The van der Waals surface area contributed by atoms with Crippen LogP contribution in [0.25, 0.3) is 0 Å². The van der Waals surface area contributed by atoms with Gasteiger partial charge in [-0.15, -0.1) is 0 Å². The van der Waals surface area contributed by atoms with Gasteiger partial charge < -0.3 is 9.66 Å². The van der Waals surface area contributed by atoms with Crippen molar-refractivity contribution >= 4 is 10.1 Å². The van der Waals surface area contributed by atoms with Crippen LogP contribution in [0, 0.1) is 0 Å². The summed E-state index contributed by atoms with van der Waals surface area (Å²) in [6.45, 7) is 4.19. The summed E-state index contributed by atoms with van der Waals surface area (Å²) in [7, 11) is -4.65. The van der Waals surface area contributed by atoms with E-state index < -0.39 is 15.1 Å². The van der Waals surface area contributed by atoms with E-state index in [0.717, 1.165) is 25.7 Å². The minimum atomic E-state index is -4.65. The molecule has 0 aliphatic rings. The maximum absolute atomic E-state index is 11.4. The van der Waals surface area contributed by atoms with Crippen molar-refractivity contribution in [1.29, 1.82) is 0 Å². The molecule has 0 saturated carbocycles. The summed E-state index contributed by atoms with van der Waals surface area (Å²) >= 11 is 0. The molecule has 1 unspecified atom stereocenters. The molecule has 4 nitrogen and oxygen atoms in total. The smallest absolute Gasteiger partial charge is 0.746 e. The van der Waals surface area contributed by atoms with Crippen molar-refractivity contribution in [2.45, 2.75) is 154 Å². The first-order valence-electron chi connectivity index (χ1n) is 12.5. The van der Waals surface area contributed by atoms with E-state index in [9.17, 15) is 18.1 Å². The second-order valence-electron chi connectivity index (χ2n) is 8.91. The zero-order chi connectivity index (χ0) is 21.8. The summed E-state index contributed by atoms with van der Waals surface area (Å²) in [5.74, 6) is 0. The Bertz CT molecular complexity index is 456. The topological polar surface area (TPSA) is 77.4 Å². The zero-order valence-electron chi connectivity index (χ0n) is 20.4. The predicted molar refractivity (Wildman–Crippen MR) is 123 cm³/mol. The standard InChI is InChI=1S/C24H50O4S.Na/c1-3-5-7-8-9-10-11-12-13-14-15-16-17-18-19-20-21-23-24(25,22-6-4-2)29(26,27)28;/h25H,3-23H2,1-2H3,(H,26,27,28);/q;+1/p-1. The molecule has 0 aromatic heterocycles. The number of unbranched alkanes of at least 4 members (excludes halogenated alkanes) is 17. The molecule has 1 N–H and O–H groups in total. The van der Waals surface area contributed by atoms with E-state index in [1.807, 2.05) is 6.92 Å². The van der Waals surface area contributed by atoms with Crippen LogP contribution in [0.5, 0.6) is 0 Å². The Hall–Kier alpha value is 0.870. The molecule has 0 radical (unpaired) electrons. The first kappa shape index (κ1) is 33.0. The van der Waals surface area contributed by atoms with Crippen molar-refractivity contribution < 1.29 is 47.6 Å². The largest absolute Gasteiger partial charge is 1.00 e. The minimum absolute atomic E-state index is 0. The van der Waals surface area contributed by atoms with Crippen molar-refractivity contribution in [3.8, 4) is 0 Å². The summed E-state index contributed by atoms with van der Waals surface area (Å²) in [6.07, 6.45) is 22.9. The Labute approximate surface area is 210 Å². The average Bonchev–Trinajstić information content (AvgIpc) is 2.68. The van der Waals surface area contributed by atoms with Gasteiger partial charge in [-0.3, -0.25) is 0 Å². The van der Waals surface area contributed by atoms with Crippen LogP contribution in [-0.4, -0.2) is 23.0 Å². The van der Waals surface area contributed by atoms with Crippen molar-refractivity contribution in [3.05, 3.63) is 0 Å². The molecule has 0 amide bonds. The van der Waals surface area contributed by atoms with Gasteiger partial charge in [-0.05, 0) is 25.7 Å². The molecule has 0 aromatic rings. The Kier molecular flexibility index (Phi) is 23.9. The van der Waals surface area contributed by atoms with Crippen molar-refractivity contribution in [1.82, 2.24) is 0 Å². The fraction of sp³-hybridized carbons (Fsp3) is 1.00. The monoisotopic (exact) mass is 456 g/mol. The van der Waals surface area contributed by atoms with Gasteiger partial charge >= 0.3 is 29.6 Å². The molecule has 0 saturated heterocycles. The van der Waals surface area contributed by atoms with Gasteiger partial charge in [0.25, 0.3) is 0 Å². The molecule has 0 bridgehead atoms. The van der Waals surface area contributed by atoms with Gasteiger partial charge in [-0.1, -0.05) is 123 Å². The third-order valence-corrected chi connectivity index (χ3v) is 7.40. The fourth-order valence-corrected chi connectivity index (χ4v) is 4.74. The van der Waals surface area contributed by atoms with Crippen molar-refractivity contribution in [3.63, 3.8) is 0 Å². The van der Waals surface area contributed by atoms with E-state index in [1.54, 1.807) is 0 Å². The Morgan fingerprint density at radius 3 is 1.13 bits per heavy atom. The van der Waals surface area contributed by atoms with Gasteiger partial charge in [-0.25, -0.2) is 8.42 Å². The van der Waals surface area contributed by atoms with E-state index in [1.165, 1.54) is 83.5 Å². The van der Waals surface area contributed by atoms with Gasteiger partial charge in [0, 0.05) is 0 Å². The molecule has 0 fully saturated rings. The van der Waals surface area contributed by atoms with Gasteiger partial charge in [0.1, 0.15) is 10.1 Å². The SMILES string of the molecule is CCCCCCCCCCCCCCCCCCCC(O)(CCCC)S(=O)(=O)[O-].[Na+]. The molecule has 176 valence electrons. The molecule has 0 heterocycles. The molecule has 0 rings (SSSR count). The maximum Gasteiger partial charge on any atom is 1.00 e. The third kappa shape index (κ3) is 18.4. The van der Waals surface area contributed by atoms with Crippen LogP contribution in [0.15, 0.2) is 0 Å². The molecule has 0 aliphatic carbocycles. The van der Waals surface area contributed by atoms with Crippen LogP contribution in [0.1, 0.15) is 149 Å². The fourth-order valence-electron chi connectivity index (χ4n) is 3.95. The van der Waals surface area contributed by atoms with Gasteiger partial charge in [0.05, 0.1) is 0 Å². The van der Waals surface area contributed by atoms with Crippen LogP contribution in [0.3, 0.4) is 0 Å². The molecule has 6 heteroatoms. The molecule has 0 aromatic carbocycles. The first-order valence-corrected chi connectivity index (χ1v) is 14.0. The minimum Gasteiger partial charge on any atom is -0.746 e. The van der Waals surface area contributed by atoms with Crippen molar-refractivity contribution in [2.75, 3.05) is 0 Å². The molecule has 1 atom stereocenters. The Balaban J connectivity index is 0. The van der Waals surface area contributed by atoms with Crippen LogP contribution >= 0.6 is 0 Å². The van der Waals surface area contributed by atoms with Gasteiger partial charge in [-0.2, -0.15) is 0 Å². The first-order chi connectivity index (χ1) is 13.9. The van der Waals surface area contributed by atoms with Crippen LogP contribution in [0.4, 0.5) is 0 Å². The quantitative estimate of drug-likeness (QED) is 0.148. The van der Waals surface area contributed by atoms with E-state index in [0.29, 0.717) is 12.8 Å². The average molecular weight is 457 g/mol. The number of hydrogen-bond acceptors (Lipinski definition) is 4. The summed E-state index contributed by atoms with van der Waals surface area (Å²) in [5, 5.41) is 10.2. The molecule has 0 aliphatic heterocycles. The summed E-state index contributed by atoms with van der Waals surface area (Å²) < 4.78 is 34.1. The van der Waals surface area contributed by atoms with Crippen molar-refractivity contribution in [2.24, 2.45) is 0 Å². The van der Waals surface area contributed by atoms with Crippen LogP contribution in [0.2, 0.25) is 0 Å². The number of aliphatic hydroxyl groups is 1. The molecular weight excluding hydrogens is 407 g/mol. The molecule has 0 spiro atoms. The molecule has 30 heavy (non-hydrogen) atoms. The normalized spacial score (nSPS) is 13.7. The molecular formula is C24H49NaO4S. The second kappa shape index (κ2) is 21.7. The van der Waals surface area contributed by atoms with E-state index >= 15 is 0 Å². The number of hydrogen-bond donors (Lipinski definition) is 1. The summed E-state index contributed by atoms with van der Waals surface area (Å²) in [5.41, 5.74) is 0. The number of rotatable bonds is 22. The van der Waals surface area contributed by atoms with Gasteiger partial charge in [0.15, 0.2) is 4.93 Å². The van der Waals surface area contributed by atoms with E-state index in [2.05, 4.69) is 6.92 Å². The summed E-state index contributed by atoms with van der Waals surface area (Å²) in [6, 6.07) is 0. The predicted octanol–water partition coefficient (Wildman–Crippen LogP) is 4.46. The summed E-state index contributed by atoms with van der Waals surface area (Å²) in [4.78, 5) is -2.06. The zero-order valence-corrected chi connectivity index (χ0v) is 23.2. The van der Waals surface area contributed by atoms with Crippen LogP contribution in [-0.2, 0) is 10.1 Å². The van der Waals surface area contributed by atoms with E-state index in [-0.39, 0.29) is 42.4 Å². The Morgan fingerprint density at radius 1 is 0.567 bits per heavy atom. The third-order valence-electron chi connectivity index (χ3n) is 6.06.